The van der Waals surface area contributed by atoms with Crippen molar-refractivity contribution in [3.63, 3.8) is 0 Å². The first kappa shape index (κ1) is 11.1. The minimum atomic E-state index is 1.16. The molecule has 78 valence electrons. The van der Waals surface area contributed by atoms with E-state index in [1.807, 2.05) is 36.4 Å². The van der Waals surface area contributed by atoms with Crippen molar-refractivity contribution in [2.45, 2.75) is 0 Å². The molecule has 0 fully saturated rings. The number of hydrogen-bond acceptors (Lipinski definition) is 0. The zero-order valence-corrected chi connectivity index (χ0v) is 10.5. The van der Waals surface area contributed by atoms with Crippen LogP contribution in [-0.2, 0) is 0 Å². The van der Waals surface area contributed by atoms with Crippen LogP contribution in [0, 0.1) is 0 Å². The molecule has 0 aliphatic rings. The molecule has 0 N–H and O–H groups in total. The molecule has 0 radical (unpaired) electrons. The predicted octanol–water partition coefficient (Wildman–Crippen LogP) is 3.09. The molecule has 2 rings (SSSR count). The molecule has 1 heteroatoms. The second-order valence-corrected chi connectivity index (χ2v) is 4.40. The molecule has 0 spiro atoms. The van der Waals surface area contributed by atoms with Crippen LogP contribution in [0.15, 0.2) is 66.7 Å². The molecule has 0 unspecified atom stereocenters. The third-order valence-corrected chi connectivity index (χ3v) is 3.07. The summed E-state index contributed by atoms with van der Waals surface area (Å²) in [7, 11) is 0. The van der Waals surface area contributed by atoms with Gasteiger partial charge in [0, 0.05) is 0 Å². The first-order chi connectivity index (χ1) is 7.86. The molecule has 0 heterocycles. The van der Waals surface area contributed by atoms with Crippen LogP contribution in [0.2, 0.25) is 0 Å². The van der Waals surface area contributed by atoms with Gasteiger partial charge in [0.2, 0.25) is 0 Å². The fraction of sp³-hybridized carbons (Fsp3) is 0. The second kappa shape index (κ2) is 5.60. The Kier molecular flexibility index (Phi) is 3.87. The molecule has 0 saturated heterocycles. The van der Waals surface area contributed by atoms with E-state index in [4.69, 9.17) is 0 Å². The summed E-state index contributed by atoms with van der Waals surface area (Å²) < 4.78 is 1.16. The van der Waals surface area contributed by atoms with E-state index in [2.05, 4.69) is 52.0 Å². The summed E-state index contributed by atoms with van der Waals surface area (Å²) in [5, 5.41) is 0. The van der Waals surface area contributed by atoms with Gasteiger partial charge in [0.05, 0.1) is 0 Å². The molecule has 0 nitrogen and oxygen atoms in total. The Morgan fingerprint density at radius 3 is 2.00 bits per heavy atom. The van der Waals surface area contributed by atoms with Crippen LogP contribution in [0.25, 0.3) is 6.08 Å². The van der Waals surface area contributed by atoms with Crippen molar-refractivity contribution in [2.24, 2.45) is 0 Å². The number of hydrogen-bond donors (Lipinski definition) is 0. The average Bonchev–Trinajstić information content (AvgIpc) is 2.38. The average molecular weight is 271 g/mol. The van der Waals surface area contributed by atoms with Crippen molar-refractivity contribution in [3.8, 4) is 0 Å². The van der Waals surface area contributed by atoms with Gasteiger partial charge in [-0.15, -0.1) is 0 Å². The molecular weight excluding hydrogens is 259 g/mol. The van der Waals surface area contributed by atoms with E-state index in [0.29, 0.717) is 0 Å². The van der Waals surface area contributed by atoms with Crippen molar-refractivity contribution < 1.29 is 0 Å². The summed E-state index contributed by atoms with van der Waals surface area (Å²) in [6.45, 7) is 0. The second-order valence-electron chi connectivity index (χ2n) is 3.47. The van der Waals surface area contributed by atoms with Crippen molar-refractivity contribution in [2.75, 3.05) is 0 Å². The van der Waals surface area contributed by atoms with E-state index in [0.717, 1.165) is 4.42 Å². The number of rotatable bonds is 3. The molecule has 2 aromatic carbocycles. The number of allylic oxidation sites excluding steroid dienone is 1. The van der Waals surface area contributed by atoms with Gasteiger partial charge in [-0.05, 0) is 0 Å². The van der Waals surface area contributed by atoms with Gasteiger partial charge in [0.1, 0.15) is 0 Å². The van der Waals surface area contributed by atoms with Gasteiger partial charge in [-0.25, -0.2) is 0 Å². The molecule has 2 aromatic rings. The molecule has 16 heavy (non-hydrogen) atoms. The van der Waals surface area contributed by atoms with Crippen LogP contribution in [0.1, 0.15) is 11.1 Å². The molecule has 0 atom stereocenters. The topological polar surface area (TPSA) is 0 Å². The van der Waals surface area contributed by atoms with Crippen LogP contribution in [-0.4, -0.2) is 20.0 Å². The van der Waals surface area contributed by atoms with Gasteiger partial charge in [-0.3, -0.25) is 0 Å². The summed E-state index contributed by atoms with van der Waals surface area (Å²) in [5.74, 6) is 0. The third kappa shape index (κ3) is 3.03. The summed E-state index contributed by atoms with van der Waals surface area (Å²) in [6, 6.07) is 20.6. The van der Waals surface area contributed by atoms with Crippen molar-refractivity contribution in [1.82, 2.24) is 0 Å². The number of benzene rings is 2. The van der Waals surface area contributed by atoms with Crippen molar-refractivity contribution >= 4 is 26.1 Å². The minimum absolute atomic E-state index is 1.16. The first-order valence-corrected chi connectivity index (χ1v) is 6.04. The van der Waals surface area contributed by atoms with E-state index < -0.39 is 0 Å². The van der Waals surface area contributed by atoms with E-state index in [-0.39, 0.29) is 0 Å². The Balaban J connectivity index is 2.12. The summed E-state index contributed by atoms with van der Waals surface area (Å²) in [4.78, 5) is 0. The van der Waals surface area contributed by atoms with Gasteiger partial charge < -0.3 is 0 Å². The first-order valence-electron chi connectivity index (χ1n) is 5.19. The van der Waals surface area contributed by atoms with Gasteiger partial charge >= 0.3 is 104 Å². The fourth-order valence-corrected chi connectivity index (χ4v) is 1.86. The van der Waals surface area contributed by atoms with Gasteiger partial charge in [0.15, 0.2) is 0 Å². The molecule has 0 aromatic heterocycles. The van der Waals surface area contributed by atoms with E-state index >= 15 is 0 Å². The SMILES string of the molecule is [Se]=C(C=Cc1ccccc1)c1ccccc1. The predicted molar refractivity (Wildman–Crippen MR) is 71.8 cm³/mol. The van der Waals surface area contributed by atoms with Crippen LogP contribution in [0.3, 0.4) is 0 Å². The zero-order chi connectivity index (χ0) is 11.2. The van der Waals surface area contributed by atoms with E-state index in [9.17, 15) is 0 Å². The van der Waals surface area contributed by atoms with E-state index in [1.54, 1.807) is 0 Å². The Hall–Kier alpha value is -1.43. The monoisotopic (exact) mass is 272 g/mol. The molecule has 0 saturated carbocycles. The molecule has 0 aliphatic heterocycles. The van der Waals surface area contributed by atoms with Crippen LogP contribution < -0.4 is 0 Å². The Morgan fingerprint density at radius 1 is 0.812 bits per heavy atom. The third-order valence-electron chi connectivity index (χ3n) is 2.29. The standard InChI is InChI=1S/C15H12Se/c16-15(14-9-5-2-6-10-14)12-11-13-7-3-1-4-8-13/h1-12H. The van der Waals surface area contributed by atoms with Gasteiger partial charge in [0.25, 0.3) is 0 Å². The molecule has 0 aliphatic carbocycles. The van der Waals surface area contributed by atoms with E-state index in [1.165, 1.54) is 11.1 Å². The van der Waals surface area contributed by atoms with Crippen LogP contribution >= 0.6 is 0 Å². The quantitative estimate of drug-likeness (QED) is 0.753. The summed E-state index contributed by atoms with van der Waals surface area (Å²) in [5.41, 5.74) is 2.43. The Morgan fingerprint density at radius 2 is 1.38 bits per heavy atom. The van der Waals surface area contributed by atoms with Gasteiger partial charge in [-0.1, -0.05) is 0 Å². The molecule has 0 bridgehead atoms. The van der Waals surface area contributed by atoms with Crippen molar-refractivity contribution in [1.29, 1.82) is 0 Å². The maximum absolute atomic E-state index is 3.09. The van der Waals surface area contributed by atoms with Crippen molar-refractivity contribution in [3.05, 3.63) is 77.9 Å². The summed E-state index contributed by atoms with van der Waals surface area (Å²) >= 11 is 3.09. The molecule has 0 amide bonds. The Labute approximate surface area is 104 Å². The van der Waals surface area contributed by atoms with Crippen LogP contribution in [0.4, 0.5) is 0 Å². The summed E-state index contributed by atoms with van der Waals surface area (Å²) in [6.07, 6.45) is 4.21. The van der Waals surface area contributed by atoms with Crippen LogP contribution in [0.5, 0.6) is 0 Å². The zero-order valence-electron chi connectivity index (χ0n) is 8.84. The molecular formula is C15H12Se. The maximum atomic E-state index is 3.09. The fourth-order valence-electron chi connectivity index (χ4n) is 1.43. The van der Waals surface area contributed by atoms with Gasteiger partial charge in [-0.2, -0.15) is 0 Å². The normalized spacial score (nSPS) is 10.5. The Bertz CT molecular complexity index is 483.